The van der Waals surface area contributed by atoms with Crippen molar-refractivity contribution in [1.82, 2.24) is 0 Å². The lowest BCUT2D eigenvalue weighted by atomic mass is 9.88. The maximum absolute atomic E-state index is 6.51. The highest BCUT2D eigenvalue weighted by molar-refractivity contribution is 5.53. The summed E-state index contributed by atoms with van der Waals surface area (Å²) in [5, 5.41) is 0. The van der Waals surface area contributed by atoms with Crippen molar-refractivity contribution in [2.24, 2.45) is 5.73 Å². The molecular formula is C14H19NO3. The quantitative estimate of drug-likeness (QED) is 0.873. The summed E-state index contributed by atoms with van der Waals surface area (Å²) in [7, 11) is 1.67. The largest absolute Gasteiger partial charge is 0.496 e. The molecule has 0 aromatic heterocycles. The summed E-state index contributed by atoms with van der Waals surface area (Å²) in [5.41, 5.74) is 7.28. The van der Waals surface area contributed by atoms with Crippen LogP contribution in [0.3, 0.4) is 0 Å². The van der Waals surface area contributed by atoms with Crippen molar-refractivity contribution in [1.29, 1.82) is 0 Å². The van der Waals surface area contributed by atoms with Crippen molar-refractivity contribution in [2.75, 3.05) is 20.3 Å². The van der Waals surface area contributed by atoms with Gasteiger partial charge in [0.1, 0.15) is 19.0 Å². The molecule has 1 aliphatic heterocycles. The van der Waals surface area contributed by atoms with Gasteiger partial charge < -0.3 is 19.9 Å². The Morgan fingerprint density at radius 3 is 2.33 bits per heavy atom. The molecule has 0 amide bonds. The van der Waals surface area contributed by atoms with Crippen molar-refractivity contribution in [3.63, 3.8) is 0 Å². The molecule has 0 unspecified atom stereocenters. The lowest BCUT2D eigenvalue weighted by molar-refractivity contribution is 0.170. The van der Waals surface area contributed by atoms with Gasteiger partial charge in [-0.25, -0.2) is 0 Å². The van der Waals surface area contributed by atoms with Gasteiger partial charge in [-0.2, -0.15) is 0 Å². The molecule has 4 heteroatoms. The third-order valence-corrected chi connectivity index (χ3v) is 3.90. The van der Waals surface area contributed by atoms with Crippen LogP contribution in [0.15, 0.2) is 12.1 Å². The third-order valence-electron chi connectivity index (χ3n) is 3.90. The summed E-state index contributed by atoms with van der Waals surface area (Å²) in [6.45, 7) is 1.18. The summed E-state index contributed by atoms with van der Waals surface area (Å²) in [6.07, 6.45) is 4.36. The highest BCUT2D eigenvalue weighted by atomic mass is 16.6. The van der Waals surface area contributed by atoms with Crippen molar-refractivity contribution >= 4 is 0 Å². The first-order valence-corrected chi connectivity index (χ1v) is 6.50. The zero-order chi connectivity index (χ0) is 12.6. The minimum absolute atomic E-state index is 0.277. The van der Waals surface area contributed by atoms with E-state index in [2.05, 4.69) is 0 Å². The van der Waals surface area contributed by atoms with Gasteiger partial charge in [0.2, 0.25) is 0 Å². The number of nitrogens with two attached hydrogens (primary N) is 1. The monoisotopic (exact) mass is 249 g/mol. The predicted octanol–water partition coefficient (Wildman–Crippen LogP) is 2.19. The van der Waals surface area contributed by atoms with Gasteiger partial charge in [-0.1, -0.05) is 12.8 Å². The number of hydrogen-bond acceptors (Lipinski definition) is 4. The van der Waals surface area contributed by atoms with E-state index in [1.54, 1.807) is 7.11 Å². The first-order chi connectivity index (χ1) is 8.73. The summed E-state index contributed by atoms with van der Waals surface area (Å²) in [6, 6.07) is 3.90. The fourth-order valence-electron chi connectivity index (χ4n) is 2.90. The summed E-state index contributed by atoms with van der Waals surface area (Å²) in [4.78, 5) is 0. The van der Waals surface area contributed by atoms with Gasteiger partial charge >= 0.3 is 0 Å². The molecule has 1 heterocycles. The molecule has 18 heavy (non-hydrogen) atoms. The molecule has 1 saturated carbocycles. The second kappa shape index (κ2) is 4.35. The summed E-state index contributed by atoms with van der Waals surface area (Å²) < 4.78 is 16.7. The molecule has 1 fully saturated rings. The highest BCUT2D eigenvalue weighted by Crippen LogP contribution is 2.45. The van der Waals surface area contributed by atoms with Crippen molar-refractivity contribution in [2.45, 2.75) is 31.2 Å². The van der Waals surface area contributed by atoms with Crippen LogP contribution < -0.4 is 19.9 Å². The zero-order valence-corrected chi connectivity index (χ0v) is 10.7. The lowest BCUT2D eigenvalue weighted by Gasteiger charge is -2.28. The van der Waals surface area contributed by atoms with Crippen LogP contribution in [-0.2, 0) is 5.54 Å². The van der Waals surface area contributed by atoms with Crippen molar-refractivity contribution in [3.8, 4) is 17.2 Å². The lowest BCUT2D eigenvalue weighted by Crippen LogP contribution is -2.33. The van der Waals surface area contributed by atoms with Crippen LogP contribution in [0.25, 0.3) is 0 Å². The molecule has 0 atom stereocenters. The molecule has 0 saturated heterocycles. The van der Waals surface area contributed by atoms with Crippen LogP contribution in [0.4, 0.5) is 0 Å². The maximum atomic E-state index is 6.51. The third kappa shape index (κ3) is 1.81. The molecular weight excluding hydrogens is 230 g/mol. The maximum Gasteiger partial charge on any atom is 0.165 e. The number of methoxy groups -OCH3 is 1. The summed E-state index contributed by atoms with van der Waals surface area (Å²) in [5.74, 6) is 2.35. The minimum Gasteiger partial charge on any atom is -0.496 e. The predicted molar refractivity (Wildman–Crippen MR) is 68.3 cm³/mol. The molecule has 1 aromatic rings. The first-order valence-electron chi connectivity index (χ1n) is 6.50. The Balaban J connectivity index is 2.07. The van der Waals surface area contributed by atoms with E-state index in [0.717, 1.165) is 35.7 Å². The van der Waals surface area contributed by atoms with Crippen molar-refractivity contribution < 1.29 is 14.2 Å². The van der Waals surface area contributed by atoms with E-state index in [1.165, 1.54) is 12.8 Å². The van der Waals surface area contributed by atoms with Gasteiger partial charge in [-0.3, -0.25) is 0 Å². The van der Waals surface area contributed by atoms with E-state index in [1.807, 2.05) is 12.1 Å². The van der Waals surface area contributed by atoms with Gasteiger partial charge in [-0.05, 0) is 18.9 Å². The van der Waals surface area contributed by atoms with Crippen LogP contribution in [-0.4, -0.2) is 20.3 Å². The average Bonchev–Trinajstić information content (AvgIpc) is 2.85. The van der Waals surface area contributed by atoms with Gasteiger partial charge in [0.05, 0.1) is 7.11 Å². The second-order valence-corrected chi connectivity index (χ2v) is 5.06. The molecule has 98 valence electrons. The Bertz CT molecular complexity index is 453. The van der Waals surface area contributed by atoms with Gasteiger partial charge in [0, 0.05) is 17.2 Å². The number of rotatable bonds is 2. The standard InChI is InChI=1S/C14H19NO3/c1-16-11-9-13-12(17-6-7-18-13)8-10(11)14(15)4-2-3-5-14/h8-9H,2-7,15H2,1H3. The molecule has 0 bridgehead atoms. The molecule has 1 aromatic carbocycles. The van der Waals surface area contributed by atoms with E-state index in [9.17, 15) is 0 Å². The van der Waals surface area contributed by atoms with Gasteiger partial charge in [0.25, 0.3) is 0 Å². The topological polar surface area (TPSA) is 53.7 Å². The molecule has 4 nitrogen and oxygen atoms in total. The molecule has 0 spiro atoms. The van der Waals surface area contributed by atoms with Crippen LogP contribution in [0.5, 0.6) is 17.2 Å². The van der Waals surface area contributed by atoms with Crippen LogP contribution in [0.2, 0.25) is 0 Å². The Hall–Kier alpha value is -1.42. The fourth-order valence-corrected chi connectivity index (χ4v) is 2.90. The average molecular weight is 249 g/mol. The second-order valence-electron chi connectivity index (χ2n) is 5.06. The Morgan fingerprint density at radius 1 is 1.11 bits per heavy atom. The Kier molecular flexibility index (Phi) is 2.82. The molecule has 2 N–H and O–H groups in total. The Morgan fingerprint density at radius 2 is 1.72 bits per heavy atom. The van der Waals surface area contributed by atoms with E-state index in [4.69, 9.17) is 19.9 Å². The van der Waals surface area contributed by atoms with Gasteiger partial charge in [0.15, 0.2) is 11.5 Å². The highest BCUT2D eigenvalue weighted by Gasteiger charge is 2.35. The normalized spacial score (nSPS) is 20.8. The van der Waals surface area contributed by atoms with Crippen LogP contribution in [0.1, 0.15) is 31.2 Å². The van der Waals surface area contributed by atoms with E-state index >= 15 is 0 Å². The van der Waals surface area contributed by atoms with Gasteiger partial charge in [-0.15, -0.1) is 0 Å². The number of hydrogen-bond donors (Lipinski definition) is 1. The minimum atomic E-state index is -0.277. The van der Waals surface area contributed by atoms with Crippen molar-refractivity contribution in [3.05, 3.63) is 17.7 Å². The fraction of sp³-hybridized carbons (Fsp3) is 0.571. The molecule has 0 radical (unpaired) electrons. The molecule has 3 rings (SSSR count). The van der Waals surface area contributed by atoms with Crippen LogP contribution in [0, 0.1) is 0 Å². The molecule has 2 aliphatic rings. The molecule has 1 aliphatic carbocycles. The number of fused-ring (bicyclic) bond motifs is 1. The smallest absolute Gasteiger partial charge is 0.165 e. The summed E-state index contributed by atoms with van der Waals surface area (Å²) >= 11 is 0. The SMILES string of the molecule is COc1cc2c(cc1C1(N)CCCC1)OCCO2. The zero-order valence-electron chi connectivity index (χ0n) is 10.7. The number of ether oxygens (including phenoxy) is 3. The van der Waals surface area contributed by atoms with Crippen LogP contribution >= 0.6 is 0 Å². The first kappa shape index (κ1) is 11.7. The number of benzene rings is 1. The Labute approximate surface area is 107 Å². The van der Waals surface area contributed by atoms with E-state index in [0.29, 0.717) is 13.2 Å². The van der Waals surface area contributed by atoms with E-state index < -0.39 is 0 Å². The van der Waals surface area contributed by atoms with E-state index in [-0.39, 0.29) is 5.54 Å².